The van der Waals surface area contributed by atoms with Crippen molar-refractivity contribution >= 4 is 51.6 Å². The number of carbonyl (C=O) groups is 2. The highest BCUT2D eigenvalue weighted by atomic mass is 35.5. The van der Waals surface area contributed by atoms with E-state index in [-0.39, 0.29) is 11.7 Å². The average Bonchev–Trinajstić information content (AvgIpc) is 3.38. The van der Waals surface area contributed by atoms with Gasteiger partial charge in [0.25, 0.3) is 0 Å². The molecule has 0 spiro atoms. The van der Waals surface area contributed by atoms with E-state index >= 15 is 0 Å². The number of aromatic nitrogens is 3. The van der Waals surface area contributed by atoms with E-state index in [9.17, 15) is 9.59 Å². The molecule has 1 aliphatic carbocycles. The summed E-state index contributed by atoms with van der Waals surface area (Å²) < 4.78 is 6.88. The van der Waals surface area contributed by atoms with Crippen LogP contribution in [0.15, 0.2) is 42.1 Å². The van der Waals surface area contributed by atoms with Crippen LogP contribution in [0.5, 0.6) is 0 Å². The number of esters is 1. The van der Waals surface area contributed by atoms with Crippen molar-refractivity contribution in [3.05, 3.63) is 57.9 Å². The number of hydrogen-bond donors (Lipinski definition) is 1. The molecule has 0 radical (unpaired) electrons. The molecule has 0 bridgehead atoms. The van der Waals surface area contributed by atoms with Gasteiger partial charge in [-0.3, -0.25) is 9.36 Å². The summed E-state index contributed by atoms with van der Waals surface area (Å²) in [5, 5.41) is 13.2. The van der Waals surface area contributed by atoms with Gasteiger partial charge in [0.05, 0.1) is 23.4 Å². The number of carbonyl (C=O) groups excluding carboxylic acids is 2. The van der Waals surface area contributed by atoms with Crippen LogP contribution in [0.25, 0.3) is 11.4 Å². The van der Waals surface area contributed by atoms with Gasteiger partial charge in [0.1, 0.15) is 5.00 Å². The number of anilines is 1. The Bertz CT molecular complexity index is 1240. The van der Waals surface area contributed by atoms with Crippen molar-refractivity contribution in [2.75, 3.05) is 18.2 Å². The molecule has 2 aromatic heterocycles. The number of allylic oxidation sites excluding steroid dienone is 1. The molecular weight excluding hydrogens is 492 g/mol. The van der Waals surface area contributed by atoms with Gasteiger partial charge in [-0.1, -0.05) is 48.5 Å². The number of methoxy groups -OCH3 is 1. The summed E-state index contributed by atoms with van der Waals surface area (Å²) in [6.45, 7) is 6.49. The smallest absolute Gasteiger partial charge is 0.341 e. The van der Waals surface area contributed by atoms with Crippen LogP contribution in [0.3, 0.4) is 0 Å². The second-order valence-electron chi connectivity index (χ2n) is 8.07. The molecule has 3 aromatic rings. The molecule has 0 fully saturated rings. The highest BCUT2D eigenvalue weighted by Gasteiger charge is 2.29. The molecule has 1 aliphatic rings. The Hall–Kier alpha value is -2.62. The molecule has 1 aromatic carbocycles. The van der Waals surface area contributed by atoms with Crippen LogP contribution in [0.1, 0.15) is 34.1 Å². The van der Waals surface area contributed by atoms with E-state index in [1.54, 1.807) is 12.1 Å². The highest BCUT2D eigenvalue weighted by Crippen LogP contribution is 2.40. The minimum Gasteiger partial charge on any atom is -0.465 e. The second-order valence-corrected chi connectivity index (χ2v) is 10.5. The van der Waals surface area contributed by atoms with E-state index in [1.165, 1.54) is 30.2 Å². The number of thiophene rings is 1. The zero-order chi connectivity index (χ0) is 24.2. The zero-order valence-electron chi connectivity index (χ0n) is 19.0. The van der Waals surface area contributed by atoms with Gasteiger partial charge in [0, 0.05) is 17.0 Å². The first-order chi connectivity index (χ1) is 16.4. The molecule has 7 nitrogen and oxygen atoms in total. The molecule has 34 heavy (non-hydrogen) atoms. The Balaban J connectivity index is 1.52. The van der Waals surface area contributed by atoms with Gasteiger partial charge in [-0.2, -0.15) is 0 Å². The summed E-state index contributed by atoms with van der Waals surface area (Å²) in [6, 6.07) is 7.41. The molecular formula is C24H25ClN4O3S2. The van der Waals surface area contributed by atoms with Crippen molar-refractivity contribution < 1.29 is 14.3 Å². The van der Waals surface area contributed by atoms with Crippen LogP contribution in [-0.2, 0) is 28.9 Å². The molecule has 1 unspecified atom stereocenters. The van der Waals surface area contributed by atoms with Crippen molar-refractivity contribution in [1.82, 2.24) is 14.8 Å². The Morgan fingerprint density at radius 1 is 1.38 bits per heavy atom. The van der Waals surface area contributed by atoms with Gasteiger partial charge < -0.3 is 10.1 Å². The van der Waals surface area contributed by atoms with E-state index in [1.807, 2.05) is 22.8 Å². The van der Waals surface area contributed by atoms with Crippen molar-refractivity contribution in [1.29, 1.82) is 0 Å². The fourth-order valence-corrected chi connectivity index (χ4v) is 6.36. The summed E-state index contributed by atoms with van der Waals surface area (Å²) in [7, 11) is 1.36. The van der Waals surface area contributed by atoms with Gasteiger partial charge in [-0.15, -0.1) is 28.1 Å². The first kappa shape index (κ1) is 24.5. The van der Waals surface area contributed by atoms with Gasteiger partial charge in [-0.05, 0) is 42.9 Å². The minimum absolute atomic E-state index is 0.109. The Labute approximate surface area is 211 Å². The molecule has 0 saturated heterocycles. The Morgan fingerprint density at radius 3 is 2.91 bits per heavy atom. The maximum absolute atomic E-state index is 12.9. The van der Waals surface area contributed by atoms with E-state index in [2.05, 4.69) is 29.0 Å². The van der Waals surface area contributed by atoms with Crippen molar-refractivity contribution in [2.24, 2.45) is 5.92 Å². The number of amides is 1. The largest absolute Gasteiger partial charge is 0.465 e. The van der Waals surface area contributed by atoms with Crippen molar-refractivity contribution in [3.63, 3.8) is 0 Å². The number of rotatable bonds is 8. The van der Waals surface area contributed by atoms with E-state index < -0.39 is 5.97 Å². The normalized spacial score (nSPS) is 15.0. The highest BCUT2D eigenvalue weighted by molar-refractivity contribution is 7.99. The Morgan fingerprint density at radius 2 is 2.18 bits per heavy atom. The lowest BCUT2D eigenvalue weighted by Gasteiger charge is -2.18. The Kier molecular flexibility index (Phi) is 7.75. The summed E-state index contributed by atoms with van der Waals surface area (Å²) in [5.41, 5.74) is 2.26. The summed E-state index contributed by atoms with van der Waals surface area (Å²) in [6.07, 6.45) is 4.49. The third kappa shape index (κ3) is 5.06. The molecule has 1 atom stereocenters. The van der Waals surface area contributed by atoms with Gasteiger partial charge >= 0.3 is 5.97 Å². The summed E-state index contributed by atoms with van der Waals surface area (Å²) in [5.74, 6) is 0.636. The molecule has 0 aliphatic heterocycles. The van der Waals surface area contributed by atoms with Crippen molar-refractivity contribution in [3.8, 4) is 11.4 Å². The number of thioether (sulfide) groups is 1. The fraction of sp³-hybridized carbons (Fsp3) is 0.333. The number of hydrogen-bond acceptors (Lipinski definition) is 7. The van der Waals surface area contributed by atoms with Gasteiger partial charge in [0.2, 0.25) is 5.91 Å². The lowest BCUT2D eigenvalue weighted by atomic mass is 9.88. The third-order valence-corrected chi connectivity index (χ3v) is 8.10. The molecule has 178 valence electrons. The number of halogens is 1. The number of nitrogens with one attached hydrogen (secondary N) is 1. The van der Waals surface area contributed by atoms with Crippen molar-refractivity contribution in [2.45, 2.75) is 37.9 Å². The van der Waals surface area contributed by atoms with Gasteiger partial charge in [-0.25, -0.2) is 4.79 Å². The predicted molar refractivity (Wildman–Crippen MR) is 137 cm³/mol. The lowest BCUT2D eigenvalue weighted by molar-refractivity contribution is -0.113. The van der Waals surface area contributed by atoms with Crippen LogP contribution in [-0.4, -0.2) is 39.5 Å². The van der Waals surface area contributed by atoms with Crippen LogP contribution in [0.4, 0.5) is 5.00 Å². The molecule has 4 rings (SSSR count). The van der Waals surface area contributed by atoms with E-state index in [0.717, 1.165) is 35.3 Å². The molecule has 1 amide bonds. The molecule has 0 saturated carbocycles. The fourth-order valence-electron chi connectivity index (χ4n) is 3.98. The zero-order valence-corrected chi connectivity index (χ0v) is 21.4. The van der Waals surface area contributed by atoms with Crippen LogP contribution >= 0.6 is 34.7 Å². The maximum atomic E-state index is 12.9. The summed E-state index contributed by atoms with van der Waals surface area (Å²) in [4.78, 5) is 26.5. The molecule has 2 heterocycles. The average molecular weight is 517 g/mol. The predicted octanol–water partition coefficient (Wildman–Crippen LogP) is 5.49. The van der Waals surface area contributed by atoms with Crippen LogP contribution in [0, 0.1) is 5.92 Å². The van der Waals surface area contributed by atoms with Crippen LogP contribution < -0.4 is 5.32 Å². The number of nitrogens with zero attached hydrogens (tertiary/aromatic N) is 3. The minimum atomic E-state index is -0.412. The number of benzene rings is 1. The van der Waals surface area contributed by atoms with E-state index in [0.29, 0.717) is 39.0 Å². The van der Waals surface area contributed by atoms with Crippen LogP contribution in [0.2, 0.25) is 5.02 Å². The lowest BCUT2D eigenvalue weighted by Crippen LogP contribution is -2.17. The topological polar surface area (TPSA) is 86.1 Å². The quantitative estimate of drug-likeness (QED) is 0.242. The van der Waals surface area contributed by atoms with E-state index in [4.69, 9.17) is 16.3 Å². The molecule has 10 heteroatoms. The summed E-state index contributed by atoms with van der Waals surface area (Å²) >= 11 is 9.08. The second kappa shape index (κ2) is 10.8. The third-order valence-electron chi connectivity index (χ3n) is 5.63. The molecule has 1 N–H and O–H groups in total. The monoisotopic (exact) mass is 516 g/mol. The standard InChI is InChI=1S/C24H25ClN4O3S2/c1-4-11-29-21(15-7-5-6-8-17(15)25)27-28-24(29)33-13-19(30)26-22-20(23(31)32-3)16-10-9-14(2)12-18(16)34-22/h4-8,14H,1,9-13H2,2-3H3,(H,26,30). The first-order valence-corrected chi connectivity index (χ1v) is 13.0. The number of fused-ring (bicyclic) bond motifs is 1. The number of ether oxygens (including phenoxy) is 1. The first-order valence-electron chi connectivity index (χ1n) is 10.9. The maximum Gasteiger partial charge on any atom is 0.341 e. The SMILES string of the molecule is C=CCn1c(SCC(=O)Nc2sc3c(c2C(=O)OC)CCC(C)C3)nnc1-c1ccccc1Cl. The van der Waals surface area contributed by atoms with Gasteiger partial charge in [0.15, 0.2) is 11.0 Å².